The number of carbonyl (C=O) groups excluding carboxylic acids is 4. The maximum atomic E-state index is 12.6. The van der Waals surface area contributed by atoms with E-state index in [1.54, 1.807) is 0 Å². The Kier molecular flexibility index (Phi) is 10.2. The van der Waals surface area contributed by atoms with E-state index in [0.29, 0.717) is 5.69 Å². The van der Waals surface area contributed by atoms with E-state index in [2.05, 4.69) is 25.9 Å². The number of carboxylic acids is 1. The number of hydrogen-bond donors (Lipinski definition) is 9. The Bertz CT molecular complexity index is 814. The predicted octanol–water partition coefficient (Wildman–Crippen LogP) is -4.93. The van der Waals surface area contributed by atoms with Crippen molar-refractivity contribution in [3.8, 4) is 0 Å². The van der Waals surface area contributed by atoms with E-state index >= 15 is 0 Å². The van der Waals surface area contributed by atoms with Crippen molar-refractivity contribution >= 4 is 29.6 Å². The summed E-state index contributed by atoms with van der Waals surface area (Å²) in [6.45, 7) is 0.347. The fourth-order valence-electron chi connectivity index (χ4n) is 2.45. The topological polar surface area (TPSA) is 263 Å². The molecule has 0 saturated heterocycles. The number of nitrogens with zero attached hydrogens (tertiary/aromatic N) is 1. The number of aliphatic hydroxyl groups is 2. The zero-order chi connectivity index (χ0) is 24.4. The van der Waals surface area contributed by atoms with Gasteiger partial charge in [0.2, 0.25) is 23.6 Å². The number of imidazole rings is 1. The first kappa shape index (κ1) is 26.5. The monoisotopic (exact) mass is 457 g/mol. The number of H-pyrrole nitrogens is 1. The molecule has 15 heteroatoms. The summed E-state index contributed by atoms with van der Waals surface area (Å²) in [6.07, 6.45) is 0.586. The Morgan fingerprint density at radius 3 is 2.09 bits per heavy atom. The van der Waals surface area contributed by atoms with E-state index in [1.165, 1.54) is 19.4 Å². The number of nitrogens with one attached hydrogen (secondary N) is 4. The van der Waals surface area contributed by atoms with Crippen molar-refractivity contribution in [2.45, 2.75) is 50.0 Å². The van der Waals surface area contributed by atoms with E-state index in [9.17, 15) is 39.3 Å². The highest BCUT2D eigenvalue weighted by Gasteiger charge is 2.31. The van der Waals surface area contributed by atoms with Gasteiger partial charge in [0.05, 0.1) is 25.5 Å². The number of hydrogen-bond acceptors (Lipinski definition) is 9. The summed E-state index contributed by atoms with van der Waals surface area (Å²) in [5, 5.41) is 34.5. The second-order valence-corrected chi connectivity index (χ2v) is 6.92. The fourth-order valence-corrected chi connectivity index (χ4v) is 2.45. The lowest BCUT2D eigenvalue weighted by molar-refractivity contribution is -0.142. The molecule has 0 radical (unpaired) electrons. The molecule has 15 nitrogen and oxygen atoms in total. The molecule has 5 unspecified atom stereocenters. The second kappa shape index (κ2) is 12.3. The van der Waals surface area contributed by atoms with Crippen LogP contribution in [0.25, 0.3) is 0 Å². The smallest absolute Gasteiger partial charge is 0.326 e. The van der Waals surface area contributed by atoms with E-state index in [0.717, 1.165) is 0 Å². The average molecular weight is 457 g/mol. The minimum absolute atomic E-state index is 0.162. The molecule has 32 heavy (non-hydrogen) atoms. The molecule has 11 N–H and O–H groups in total. The van der Waals surface area contributed by atoms with Crippen LogP contribution in [0.2, 0.25) is 0 Å². The number of nitrogens with two attached hydrogens (primary N) is 2. The van der Waals surface area contributed by atoms with Gasteiger partial charge in [-0.1, -0.05) is 0 Å². The van der Waals surface area contributed by atoms with Gasteiger partial charge in [0, 0.05) is 18.3 Å². The summed E-state index contributed by atoms with van der Waals surface area (Å²) in [5.74, 6) is -5.42. The summed E-state index contributed by atoms with van der Waals surface area (Å²) >= 11 is 0. The summed E-state index contributed by atoms with van der Waals surface area (Å²) in [5.41, 5.74) is 11.0. The van der Waals surface area contributed by atoms with Crippen LogP contribution in [0.3, 0.4) is 0 Å². The van der Waals surface area contributed by atoms with Gasteiger partial charge in [-0.2, -0.15) is 0 Å². The van der Waals surface area contributed by atoms with Crippen molar-refractivity contribution in [2.75, 3.05) is 6.61 Å². The molecular weight excluding hydrogens is 430 g/mol. The van der Waals surface area contributed by atoms with Gasteiger partial charge in [-0.25, -0.2) is 9.78 Å². The van der Waals surface area contributed by atoms with Crippen LogP contribution in [-0.2, 0) is 30.4 Å². The Labute approximate surface area is 181 Å². The molecule has 0 aliphatic carbocycles. The van der Waals surface area contributed by atoms with Crippen molar-refractivity contribution < 1.29 is 39.3 Å². The number of carbonyl (C=O) groups is 5. The average Bonchev–Trinajstić information content (AvgIpc) is 3.22. The lowest BCUT2D eigenvalue weighted by atomic mass is 10.1. The standard InChI is InChI=1S/C17H27N7O8/c1-7(26)13(19)16(30)24-11(5-25)15(29)22-9(3-12(18)27)14(28)23-10(17(31)32)2-8-4-20-6-21-8/h4,6-7,9-11,13,25-26H,2-3,5,19H2,1H3,(H2,18,27)(H,20,21)(H,22,29)(H,23,28)(H,24,30)(H,31,32). The molecule has 1 heterocycles. The van der Waals surface area contributed by atoms with Gasteiger partial charge >= 0.3 is 5.97 Å². The Morgan fingerprint density at radius 1 is 1.06 bits per heavy atom. The minimum atomic E-state index is -1.60. The molecule has 1 aromatic rings. The molecule has 0 bridgehead atoms. The van der Waals surface area contributed by atoms with E-state index in [1.807, 2.05) is 0 Å². The Hall–Kier alpha value is -3.56. The van der Waals surface area contributed by atoms with E-state index in [4.69, 9.17) is 11.5 Å². The molecule has 1 aromatic heterocycles. The van der Waals surface area contributed by atoms with E-state index in [-0.39, 0.29) is 6.42 Å². The molecule has 4 amide bonds. The number of rotatable bonds is 13. The number of aromatic nitrogens is 2. The van der Waals surface area contributed by atoms with Crippen molar-refractivity contribution in [3.05, 3.63) is 18.2 Å². The summed E-state index contributed by atoms with van der Waals surface area (Å²) in [4.78, 5) is 66.2. The molecule has 5 atom stereocenters. The van der Waals surface area contributed by atoms with Gasteiger partial charge < -0.3 is 47.7 Å². The minimum Gasteiger partial charge on any atom is -0.480 e. The van der Waals surface area contributed by atoms with Gasteiger partial charge in [0.15, 0.2) is 0 Å². The normalized spacial score (nSPS) is 15.5. The molecule has 0 saturated carbocycles. The van der Waals surface area contributed by atoms with Crippen LogP contribution in [-0.4, -0.2) is 91.8 Å². The van der Waals surface area contributed by atoms with E-state index < -0.39 is 72.9 Å². The zero-order valence-corrected chi connectivity index (χ0v) is 17.1. The number of aromatic amines is 1. The first-order valence-corrected chi connectivity index (χ1v) is 9.40. The van der Waals surface area contributed by atoms with Crippen molar-refractivity contribution in [1.82, 2.24) is 25.9 Å². The van der Waals surface area contributed by atoms with Crippen molar-refractivity contribution in [3.63, 3.8) is 0 Å². The summed E-state index contributed by atoms with van der Waals surface area (Å²) < 4.78 is 0. The maximum Gasteiger partial charge on any atom is 0.326 e. The highest BCUT2D eigenvalue weighted by atomic mass is 16.4. The highest BCUT2D eigenvalue weighted by molar-refractivity contribution is 5.96. The molecule has 0 fully saturated rings. The zero-order valence-electron chi connectivity index (χ0n) is 17.1. The SMILES string of the molecule is CC(O)C(N)C(=O)NC(CO)C(=O)NC(CC(N)=O)C(=O)NC(Cc1cnc[nH]1)C(=O)O. The number of aliphatic hydroxyl groups excluding tert-OH is 2. The molecule has 1 rings (SSSR count). The molecular formula is C17H27N7O8. The molecule has 0 aromatic carbocycles. The quantitative estimate of drug-likeness (QED) is 0.136. The van der Waals surface area contributed by atoms with Gasteiger partial charge in [0.1, 0.15) is 24.2 Å². The van der Waals surface area contributed by atoms with Crippen LogP contribution in [0, 0.1) is 0 Å². The fraction of sp³-hybridized carbons (Fsp3) is 0.529. The van der Waals surface area contributed by atoms with Crippen LogP contribution in [0.15, 0.2) is 12.5 Å². The molecule has 0 aliphatic rings. The van der Waals surface area contributed by atoms with Gasteiger partial charge in [-0.15, -0.1) is 0 Å². The van der Waals surface area contributed by atoms with Crippen LogP contribution < -0.4 is 27.4 Å². The third-order valence-corrected chi connectivity index (χ3v) is 4.27. The lowest BCUT2D eigenvalue weighted by Crippen LogP contribution is -2.59. The van der Waals surface area contributed by atoms with Crippen molar-refractivity contribution in [1.29, 1.82) is 0 Å². The first-order valence-electron chi connectivity index (χ1n) is 9.40. The number of carboxylic acid groups (broad SMARTS) is 1. The Balaban J connectivity index is 2.89. The van der Waals surface area contributed by atoms with Gasteiger partial charge in [0.25, 0.3) is 0 Å². The lowest BCUT2D eigenvalue weighted by Gasteiger charge is -2.24. The predicted molar refractivity (Wildman–Crippen MR) is 106 cm³/mol. The second-order valence-electron chi connectivity index (χ2n) is 6.92. The first-order chi connectivity index (χ1) is 15.0. The summed E-state index contributed by atoms with van der Waals surface area (Å²) in [6, 6.07) is -5.98. The molecule has 178 valence electrons. The maximum absolute atomic E-state index is 12.6. The largest absolute Gasteiger partial charge is 0.480 e. The molecule has 0 aliphatic heterocycles. The van der Waals surface area contributed by atoms with Crippen molar-refractivity contribution in [2.24, 2.45) is 11.5 Å². The van der Waals surface area contributed by atoms with Gasteiger partial charge in [-0.3, -0.25) is 19.2 Å². The van der Waals surface area contributed by atoms with Crippen LogP contribution in [0.1, 0.15) is 19.0 Å². The molecule has 0 spiro atoms. The van der Waals surface area contributed by atoms with Gasteiger partial charge in [-0.05, 0) is 6.92 Å². The number of aliphatic carboxylic acids is 1. The van der Waals surface area contributed by atoms with Crippen LogP contribution in [0.4, 0.5) is 0 Å². The van der Waals surface area contributed by atoms with Crippen LogP contribution >= 0.6 is 0 Å². The van der Waals surface area contributed by atoms with Crippen LogP contribution in [0.5, 0.6) is 0 Å². The Morgan fingerprint density at radius 2 is 1.62 bits per heavy atom. The summed E-state index contributed by atoms with van der Waals surface area (Å²) in [7, 11) is 0. The third kappa shape index (κ3) is 8.29. The third-order valence-electron chi connectivity index (χ3n) is 4.27. The number of amides is 4. The highest BCUT2D eigenvalue weighted by Crippen LogP contribution is 2.02. The number of primary amides is 1.